The monoisotopic (exact) mass is 303 g/mol. The highest BCUT2D eigenvalue weighted by Crippen LogP contribution is 2.21. The molecule has 2 aromatic rings. The minimum atomic E-state index is -2.04. The first kappa shape index (κ1) is 14.3. The SMILES string of the molecule is O=C(Nc1cccc(Cl)c1)c1cc(F)c(F)c(F)c1F. The molecule has 7 heteroatoms. The number of carbonyl (C=O) groups is 1. The summed E-state index contributed by atoms with van der Waals surface area (Å²) < 4.78 is 52.2. The van der Waals surface area contributed by atoms with Crippen LogP contribution in [0.15, 0.2) is 30.3 Å². The number of anilines is 1. The van der Waals surface area contributed by atoms with Gasteiger partial charge in [0.15, 0.2) is 23.3 Å². The van der Waals surface area contributed by atoms with Crippen LogP contribution in [-0.2, 0) is 0 Å². The molecule has 0 aromatic heterocycles. The van der Waals surface area contributed by atoms with E-state index in [-0.39, 0.29) is 11.8 Å². The molecule has 0 saturated heterocycles. The Morgan fingerprint density at radius 2 is 1.70 bits per heavy atom. The normalized spacial score (nSPS) is 10.4. The van der Waals surface area contributed by atoms with Gasteiger partial charge < -0.3 is 5.32 Å². The van der Waals surface area contributed by atoms with Gasteiger partial charge in [0.2, 0.25) is 0 Å². The second-order valence-electron chi connectivity index (χ2n) is 3.81. The van der Waals surface area contributed by atoms with Crippen molar-refractivity contribution in [3.05, 3.63) is 64.2 Å². The lowest BCUT2D eigenvalue weighted by molar-refractivity contribution is 0.102. The van der Waals surface area contributed by atoms with Crippen molar-refractivity contribution >= 4 is 23.2 Å². The Labute approximate surface area is 116 Å². The van der Waals surface area contributed by atoms with Gasteiger partial charge >= 0.3 is 0 Å². The molecule has 0 bridgehead atoms. The van der Waals surface area contributed by atoms with Crippen molar-refractivity contribution in [1.82, 2.24) is 0 Å². The molecule has 1 N–H and O–H groups in total. The highest BCUT2D eigenvalue weighted by Gasteiger charge is 2.23. The van der Waals surface area contributed by atoms with Crippen LogP contribution < -0.4 is 5.32 Å². The van der Waals surface area contributed by atoms with Crippen LogP contribution in [0, 0.1) is 23.3 Å². The van der Waals surface area contributed by atoms with Gasteiger partial charge in [-0.25, -0.2) is 17.6 Å². The van der Waals surface area contributed by atoms with Crippen LogP contribution in [0.4, 0.5) is 23.2 Å². The molecule has 2 nitrogen and oxygen atoms in total. The van der Waals surface area contributed by atoms with Crippen molar-refractivity contribution in [2.24, 2.45) is 0 Å². The van der Waals surface area contributed by atoms with Crippen LogP contribution >= 0.6 is 11.6 Å². The summed E-state index contributed by atoms with van der Waals surface area (Å²) in [5.41, 5.74) is -0.742. The molecule has 2 aromatic carbocycles. The van der Waals surface area contributed by atoms with E-state index in [4.69, 9.17) is 11.6 Å². The zero-order valence-corrected chi connectivity index (χ0v) is 10.4. The summed E-state index contributed by atoms with van der Waals surface area (Å²) in [4.78, 5) is 11.7. The molecule has 2 rings (SSSR count). The van der Waals surface area contributed by atoms with Gasteiger partial charge in [-0.05, 0) is 24.3 Å². The Bertz CT molecular complexity index is 690. The molecule has 20 heavy (non-hydrogen) atoms. The van der Waals surface area contributed by atoms with Gasteiger partial charge in [0.1, 0.15) is 0 Å². The van der Waals surface area contributed by atoms with E-state index < -0.39 is 34.7 Å². The average molecular weight is 304 g/mol. The van der Waals surface area contributed by atoms with E-state index in [0.717, 1.165) is 0 Å². The van der Waals surface area contributed by atoms with Crippen LogP contribution in [-0.4, -0.2) is 5.91 Å². The third-order valence-electron chi connectivity index (χ3n) is 2.43. The predicted molar refractivity (Wildman–Crippen MR) is 65.7 cm³/mol. The summed E-state index contributed by atoms with van der Waals surface area (Å²) in [6, 6.07) is 6.13. The fraction of sp³-hybridized carbons (Fsp3) is 0. The van der Waals surface area contributed by atoms with Crippen LogP contribution in [0.2, 0.25) is 5.02 Å². The highest BCUT2D eigenvalue weighted by molar-refractivity contribution is 6.30. The second kappa shape index (κ2) is 5.50. The van der Waals surface area contributed by atoms with Gasteiger partial charge in [-0.15, -0.1) is 0 Å². The quantitative estimate of drug-likeness (QED) is 0.504. The number of hydrogen-bond donors (Lipinski definition) is 1. The molecular formula is C13H6ClF4NO. The summed E-state index contributed by atoms with van der Waals surface area (Å²) in [6.07, 6.45) is 0. The first-order valence-electron chi connectivity index (χ1n) is 5.30. The number of carbonyl (C=O) groups excluding carboxylic acids is 1. The minimum Gasteiger partial charge on any atom is -0.322 e. The van der Waals surface area contributed by atoms with E-state index in [1.807, 2.05) is 0 Å². The summed E-state index contributed by atoms with van der Waals surface area (Å²) in [6.45, 7) is 0. The maximum Gasteiger partial charge on any atom is 0.258 e. The summed E-state index contributed by atoms with van der Waals surface area (Å²) in [5.74, 6) is -8.55. The average Bonchev–Trinajstić information content (AvgIpc) is 2.40. The second-order valence-corrected chi connectivity index (χ2v) is 4.25. The molecule has 0 atom stereocenters. The molecule has 0 aliphatic rings. The van der Waals surface area contributed by atoms with E-state index >= 15 is 0 Å². The summed E-state index contributed by atoms with van der Waals surface area (Å²) in [5, 5.41) is 2.50. The molecule has 0 fully saturated rings. The number of amides is 1. The van der Waals surface area contributed by atoms with E-state index in [2.05, 4.69) is 5.32 Å². The van der Waals surface area contributed by atoms with Crippen molar-refractivity contribution in [2.45, 2.75) is 0 Å². The van der Waals surface area contributed by atoms with E-state index in [9.17, 15) is 22.4 Å². The van der Waals surface area contributed by atoms with E-state index in [1.54, 1.807) is 0 Å². The molecule has 0 radical (unpaired) electrons. The number of halogens is 5. The largest absolute Gasteiger partial charge is 0.322 e. The number of hydrogen-bond acceptors (Lipinski definition) is 1. The smallest absolute Gasteiger partial charge is 0.258 e. The van der Waals surface area contributed by atoms with Crippen molar-refractivity contribution in [3.8, 4) is 0 Å². The molecule has 0 aliphatic carbocycles. The molecule has 0 unspecified atom stereocenters. The van der Waals surface area contributed by atoms with Gasteiger partial charge in [-0.3, -0.25) is 4.79 Å². The van der Waals surface area contributed by atoms with Crippen LogP contribution in [0.5, 0.6) is 0 Å². The van der Waals surface area contributed by atoms with Gasteiger partial charge in [0, 0.05) is 10.7 Å². The van der Waals surface area contributed by atoms with Crippen LogP contribution in [0.25, 0.3) is 0 Å². The van der Waals surface area contributed by atoms with E-state index in [1.165, 1.54) is 24.3 Å². The molecule has 0 spiro atoms. The summed E-state index contributed by atoms with van der Waals surface area (Å²) in [7, 11) is 0. The summed E-state index contributed by atoms with van der Waals surface area (Å²) >= 11 is 5.68. The topological polar surface area (TPSA) is 29.1 Å². The number of nitrogens with one attached hydrogen (secondary N) is 1. The van der Waals surface area contributed by atoms with Crippen LogP contribution in [0.3, 0.4) is 0 Å². The Hall–Kier alpha value is -2.08. The molecule has 0 heterocycles. The maximum atomic E-state index is 13.4. The van der Waals surface area contributed by atoms with Gasteiger partial charge in [0.05, 0.1) is 5.56 Å². The van der Waals surface area contributed by atoms with E-state index in [0.29, 0.717) is 5.02 Å². The molecule has 0 saturated carbocycles. The Balaban J connectivity index is 2.35. The predicted octanol–water partition coefficient (Wildman–Crippen LogP) is 4.15. The molecule has 104 valence electrons. The van der Waals surface area contributed by atoms with Crippen molar-refractivity contribution < 1.29 is 22.4 Å². The van der Waals surface area contributed by atoms with Crippen molar-refractivity contribution in [3.63, 3.8) is 0 Å². The zero-order valence-electron chi connectivity index (χ0n) is 9.68. The molecule has 1 amide bonds. The van der Waals surface area contributed by atoms with Gasteiger partial charge in [0.25, 0.3) is 5.91 Å². The maximum absolute atomic E-state index is 13.4. The highest BCUT2D eigenvalue weighted by atomic mass is 35.5. The van der Waals surface area contributed by atoms with Crippen molar-refractivity contribution in [2.75, 3.05) is 5.32 Å². The Morgan fingerprint density at radius 3 is 2.35 bits per heavy atom. The number of benzene rings is 2. The Kier molecular flexibility index (Phi) is 3.94. The molecular weight excluding hydrogens is 298 g/mol. The van der Waals surface area contributed by atoms with Crippen molar-refractivity contribution in [1.29, 1.82) is 0 Å². The third kappa shape index (κ3) is 2.75. The minimum absolute atomic E-state index is 0.201. The fourth-order valence-corrected chi connectivity index (χ4v) is 1.69. The zero-order chi connectivity index (χ0) is 14.9. The standard InChI is InChI=1S/C13H6ClF4NO/c14-6-2-1-3-7(4-6)19-13(20)8-5-9(15)11(17)12(18)10(8)16/h1-5H,(H,19,20). The van der Waals surface area contributed by atoms with Gasteiger partial charge in [-0.1, -0.05) is 17.7 Å². The first-order valence-corrected chi connectivity index (χ1v) is 5.68. The Morgan fingerprint density at radius 1 is 1.00 bits per heavy atom. The lowest BCUT2D eigenvalue weighted by atomic mass is 10.1. The molecule has 0 aliphatic heterocycles. The fourth-order valence-electron chi connectivity index (χ4n) is 1.50. The van der Waals surface area contributed by atoms with Crippen LogP contribution in [0.1, 0.15) is 10.4 Å². The lowest BCUT2D eigenvalue weighted by Crippen LogP contribution is -2.16. The third-order valence-corrected chi connectivity index (χ3v) is 2.66. The van der Waals surface area contributed by atoms with Gasteiger partial charge in [-0.2, -0.15) is 0 Å². The lowest BCUT2D eigenvalue weighted by Gasteiger charge is -2.07. The number of rotatable bonds is 2. The first-order chi connectivity index (χ1) is 9.40.